The molecule has 0 aliphatic heterocycles. The summed E-state index contributed by atoms with van der Waals surface area (Å²) in [7, 11) is 2.11. The number of nitrogens with zero attached hydrogens (tertiary/aromatic N) is 1. The van der Waals surface area contributed by atoms with E-state index in [0.717, 1.165) is 23.9 Å². The van der Waals surface area contributed by atoms with Crippen molar-refractivity contribution in [2.45, 2.75) is 13.5 Å². The van der Waals surface area contributed by atoms with Gasteiger partial charge < -0.3 is 4.90 Å². The monoisotopic (exact) mass is 243 g/mol. The zero-order valence-electron chi connectivity index (χ0n) is 9.28. The average Bonchev–Trinajstić information content (AvgIpc) is 2.21. The molecule has 1 aromatic rings. The molecule has 15 heavy (non-hydrogen) atoms. The molecule has 0 amide bonds. The van der Waals surface area contributed by atoms with Crippen LogP contribution in [0.15, 0.2) is 24.3 Å². The first-order chi connectivity index (χ1) is 7.13. The average molecular weight is 244 g/mol. The zero-order chi connectivity index (χ0) is 11.3. The lowest BCUT2D eigenvalue weighted by atomic mass is 10.1. The molecule has 0 N–H and O–H groups in total. The van der Waals surface area contributed by atoms with Crippen LogP contribution in [0.2, 0.25) is 5.02 Å². The molecule has 0 radical (unpaired) electrons. The molecule has 0 spiro atoms. The molecule has 1 aromatic carbocycles. The highest BCUT2D eigenvalue weighted by molar-refractivity contribution is 7.80. The predicted octanol–water partition coefficient (Wildman–Crippen LogP) is 3.34. The highest BCUT2D eigenvalue weighted by Crippen LogP contribution is 2.16. The van der Waals surface area contributed by atoms with Crippen LogP contribution in [-0.2, 0) is 6.54 Å². The van der Waals surface area contributed by atoms with Crippen molar-refractivity contribution in [2.75, 3.05) is 19.3 Å². The Morgan fingerprint density at radius 2 is 2.07 bits per heavy atom. The summed E-state index contributed by atoms with van der Waals surface area (Å²) in [6.45, 7) is 4.16. The Kier molecular flexibility index (Phi) is 5.51. The molecule has 0 fully saturated rings. The Morgan fingerprint density at radius 1 is 1.40 bits per heavy atom. The fourth-order valence-electron chi connectivity index (χ4n) is 1.57. The molecule has 0 heterocycles. The molecule has 84 valence electrons. The SMILES string of the molecule is CC(CS)CN(C)Cc1ccccc1Cl. The van der Waals surface area contributed by atoms with Crippen molar-refractivity contribution in [2.24, 2.45) is 5.92 Å². The molecular formula is C12H18ClNS. The van der Waals surface area contributed by atoms with E-state index in [9.17, 15) is 0 Å². The van der Waals surface area contributed by atoms with Gasteiger partial charge in [-0.05, 0) is 30.3 Å². The van der Waals surface area contributed by atoms with Crippen LogP contribution < -0.4 is 0 Å². The van der Waals surface area contributed by atoms with E-state index in [-0.39, 0.29) is 0 Å². The first kappa shape index (κ1) is 12.9. The molecule has 0 aliphatic carbocycles. The number of hydrogen-bond donors (Lipinski definition) is 1. The van der Waals surface area contributed by atoms with Crippen molar-refractivity contribution in [3.63, 3.8) is 0 Å². The van der Waals surface area contributed by atoms with Crippen molar-refractivity contribution in [1.82, 2.24) is 4.90 Å². The van der Waals surface area contributed by atoms with Crippen molar-refractivity contribution in [3.8, 4) is 0 Å². The minimum Gasteiger partial charge on any atom is -0.302 e. The summed E-state index contributed by atoms with van der Waals surface area (Å²) in [6.07, 6.45) is 0. The minimum absolute atomic E-state index is 0.612. The molecule has 0 saturated carbocycles. The van der Waals surface area contributed by atoms with E-state index in [1.807, 2.05) is 18.2 Å². The van der Waals surface area contributed by atoms with Crippen LogP contribution in [0.25, 0.3) is 0 Å². The lowest BCUT2D eigenvalue weighted by Gasteiger charge is -2.20. The van der Waals surface area contributed by atoms with Gasteiger partial charge in [-0.1, -0.05) is 36.7 Å². The molecule has 0 bridgehead atoms. The van der Waals surface area contributed by atoms with Crippen LogP contribution in [0.1, 0.15) is 12.5 Å². The zero-order valence-corrected chi connectivity index (χ0v) is 10.9. The first-order valence-electron chi connectivity index (χ1n) is 5.16. The third-order valence-corrected chi connectivity index (χ3v) is 3.33. The largest absolute Gasteiger partial charge is 0.302 e. The Bertz CT molecular complexity index is 303. The summed E-state index contributed by atoms with van der Waals surface area (Å²) in [5.74, 6) is 1.54. The van der Waals surface area contributed by atoms with Gasteiger partial charge in [0, 0.05) is 18.1 Å². The lowest BCUT2D eigenvalue weighted by Crippen LogP contribution is -2.24. The number of hydrogen-bond acceptors (Lipinski definition) is 2. The summed E-state index contributed by atoms with van der Waals surface area (Å²) < 4.78 is 0. The van der Waals surface area contributed by atoms with E-state index in [1.165, 1.54) is 5.56 Å². The van der Waals surface area contributed by atoms with E-state index in [4.69, 9.17) is 11.6 Å². The van der Waals surface area contributed by atoms with E-state index in [2.05, 4.69) is 37.6 Å². The maximum Gasteiger partial charge on any atom is 0.0451 e. The Balaban J connectivity index is 2.51. The van der Waals surface area contributed by atoms with Gasteiger partial charge in [0.2, 0.25) is 0 Å². The molecule has 1 rings (SSSR count). The smallest absolute Gasteiger partial charge is 0.0451 e. The molecule has 0 aromatic heterocycles. The molecular weight excluding hydrogens is 226 g/mol. The van der Waals surface area contributed by atoms with E-state index in [0.29, 0.717) is 5.92 Å². The van der Waals surface area contributed by atoms with Gasteiger partial charge in [0.1, 0.15) is 0 Å². The number of benzene rings is 1. The maximum atomic E-state index is 6.10. The standard InChI is InChI=1S/C12H18ClNS/c1-10(9-15)7-14(2)8-11-5-3-4-6-12(11)13/h3-6,10,15H,7-9H2,1-2H3. The fraction of sp³-hybridized carbons (Fsp3) is 0.500. The van der Waals surface area contributed by atoms with E-state index in [1.54, 1.807) is 0 Å². The van der Waals surface area contributed by atoms with Crippen LogP contribution in [0, 0.1) is 5.92 Å². The maximum absolute atomic E-state index is 6.10. The third kappa shape index (κ3) is 4.45. The first-order valence-corrected chi connectivity index (χ1v) is 6.17. The van der Waals surface area contributed by atoms with Crippen molar-refractivity contribution >= 4 is 24.2 Å². The van der Waals surface area contributed by atoms with Crippen molar-refractivity contribution in [3.05, 3.63) is 34.9 Å². The number of rotatable bonds is 5. The Labute approximate surface area is 103 Å². The third-order valence-electron chi connectivity index (χ3n) is 2.33. The predicted molar refractivity (Wildman–Crippen MR) is 70.8 cm³/mol. The van der Waals surface area contributed by atoms with Crippen LogP contribution in [0.3, 0.4) is 0 Å². The van der Waals surface area contributed by atoms with Gasteiger partial charge in [-0.3, -0.25) is 0 Å². The summed E-state index contributed by atoms with van der Waals surface area (Å²) in [5, 5.41) is 0.850. The second-order valence-electron chi connectivity index (χ2n) is 4.08. The summed E-state index contributed by atoms with van der Waals surface area (Å²) >= 11 is 10.4. The molecule has 3 heteroatoms. The van der Waals surface area contributed by atoms with Crippen molar-refractivity contribution < 1.29 is 0 Å². The summed E-state index contributed by atoms with van der Waals surface area (Å²) in [6, 6.07) is 8.00. The van der Waals surface area contributed by atoms with E-state index >= 15 is 0 Å². The van der Waals surface area contributed by atoms with Gasteiger partial charge in [0.25, 0.3) is 0 Å². The summed E-state index contributed by atoms with van der Waals surface area (Å²) in [4.78, 5) is 2.28. The quantitative estimate of drug-likeness (QED) is 0.777. The number of thiol groups is 1. The van der Waals surface area contributed by atoms with Crippen LogP contribution in [0.4, 0.5) is 0 Å². The van der Waals surface area contributed by atoms with Gasteiger partial charge in [-0.15, -0.1) is 0 Å². The molecule has 0 saturated heterocycles. The van der Waals surface area contributed by atoms with Gasteiger partial charge in [0.05, 0.1) is 0 Å². The molecule has 1 unspecified atom stereocenters. The van der Waals surface area contributed by atoms with Crippen LogP contribution >= 0.6 is 24.2 Å². The Hall–Kier alpha value is -0.180. The van der Waals surface area contributed by atoms with Gasteiger partial charge in [-0.25, -0.2) is 0 Å². The second kappa shape index (κ2) is 6.41. The van der Waals surface area contributed by atoms with Crippen LogP contribution in [-0.4, -0.2) is 24.2 Å². The molecule has 0 aliphatic rings. The second-order valence-corrected chi connectivity index (χ2v) is 4.85. The molecule has 1 nitrogen and oxygen atoms in total. The highest BCUT2D eigenvalue weighted by Gasteiger charge is 2.07. The Morgan fingerprint density at radius 3 is 2.67 bits per heavy atom. The van der Waals surface area contributed by atoms with Gasteiger partial charge >= 0.3 is 0 Å². The fourth-order valence-corrected chi connectivity index (χ4v) is 1.88. The van der Waals surface area contributed by atoms with Crippen molar-refractivity contribution in [1.29, 1.82) is 0 Å². The minimum atomic E-state index is 0.612. The highest BCUT2D eigenvalue weighted by atomic mass is 35.5. The topological polar surface area (TPSA) is 3.24 Å². The summed E-state index contributed by atoms with van der Waals surface area (Å²) in [5.41, 5.74) is 1.19. The molecule has 1 atom stereocenters. The lowest BCUT2D eigenvalue weighted by molar-refractivity contribution is 0.291. The van der Waals surface area contributed by atoms with Gasteiger partial charge in [-0.2, -0.15) is 12.6 Å². The van der Waals surface area contributed by atoms with E-state index < -0.39 is 0 Å². The van der Waals surface area contributed by atoms with Crippen LogP contribution in [0.5, 0.6) is 0 Å². The number of halogens is 1. The van der Waals surface area contributed by atoms with Gasteiger partial charge in [0.15, 0.2) is 0 Å². The normalized spacial score (nSPS) is 13.1.